The molecule has 0 fully saturated rings. The summed E-state index contributed by atoms with van der Waals surface area (Å²) in [5, 5.41) is 6.61. The number of hydrogen-bond acceptors (Lipinski definition) is 5. The molecule has 1 aromatic carbocycles. The fraction of sp³-hybridized carbons (Fsp3) is 0.312. The Labute approximate surface area is 128 Å². The van der Waals surface area contributed by atoms with E-state index in [0.717, 1.165) is 5.56 Å². The van der Waals surface area contributed by atoms with E-state index in [4.69, 9.17) is 9.26 Å². The van der Waals surface area contributed by atoms with Gasteiger partial charge in [0.1, 0.15) is 11.3 Å². The Balaban J connectivity index is 2.23. The van der Waals surface area contributed by atoms with Gasteiger partial charge in [0.15, 0.2) is 0 Å². The lowest BCUT2D eigenvalue weighted by atomic mass is 10.0. The van der Waals surface area contributed by atoms with Gasteiger partial charge in [-0.3, -0.25) is 9.59 Å². The number of benzene rings is 1. The van der Waals surface area contributed by atoms with Gasteiger partial charge in [0.05, 0.1) is 25.3 Å². The Morgan fingerprint density at radius 3 is 2.50 bits per heavy atom. The minimum absolute atomic E-state index is 0.0512. The molecule has 1 aromatic heterocycles. The predicted molar refractivity (Wildman–Crippen MR) is 79.3 cm³/mol. The Hall–Kier alpha value is -2.63. The minimum atomic E-state index is -0.477. The molecule has 0 saturated heterocycles. The molecule has 22 heavy (non-hydrogen) atoms. The average Bonchev–Trinajstić information content (AvgIpc) is 2.86. The maximum Gasteiger partial charge on any atom is 0.307 e. The lowest BCUT2D eigenvalue weighted by molar-refractivity contribution is -0.141. The van der Waals surface area contributed by atoms with Crippen molar-refractivity contribution < 1.29 is 18.8 Å². The molecule has 0 aliphatic rings. The van der Waals surface area contributed by atoms with Crippen molar-refractivity contribution in [2.75, 3.05) is 7.11 Å². The van der Waals surface area contributed by atoms with Crippen LogP contribution in [0.25, 0.3) is 0 Å². The number of nitrogens with zero attached hydrogens (tertiary/aromatic N) is 1. The molecule has 2 rings (SSSR count). The maximum atomic E-state index is 12.4. The van der Waals surface area contributed by atoms with Gasteiger partial charge >= 0.3 is 5.97 Å². The molecule has 6 nitrogen and oxygen atoms in total. The zero-order valence-electron chi connectivity index (χ0n) is 12.8. The highest BCUT2D eigenvalue weighted by Gasteiger charge is 2.23. The smallest absolute Gasteiger partial charge is 0.307 e. The van der Waals surface area contributed by atoms with E-state index in [2.05, 4.69) is 10.5 Å². The Morgan fingerprint density at radius 1 is 1.27 bits per heavy atom. The fourth-order valence-corrected chi connectivity index (χ4v) is 2.23. The SMILES string of the molecule is COC(=O)C[C@@H](NC(=O)c1c(C)noc1C)c1ccccc1. The third-order valence-electron chi connectivity index (χ3n) is 3.37. The van der Waals surface area contributed by atoms with Crippen LogP contribution in [0.2, 0.25) is 0 Å². The highest BCUT2D eigenvalue weighted by Crippen LogP contribution is 2.19. The highest BCUT2D eigenvalue weighted by molar-refractivity contribution is 5.96. The van der Waals surface area contributed by atoms with Crippen LogP contribution in [0.3, 0.4) is 0 Å². The van der Waals surface area contributed by atoms with Gasteiger partial charge in [-0.05, 0) is 19.4 Å². The van der Waals surface area contributed by atoms with Crippen LogP contribution in [0.1, 0.15) is 39.8 Å². The van der Waals surface area contributed by atoms with Crippen molar-refractivity contribution >= 4 is 11.9 Å². The van der Waals surface area contributed by atoms with Crippen LogP contribution in [-0.2, 0) is 9.53 Å². The lowest BCUT2D eigenvalue weighted by Gasteiger charge is -2.18. The van der Waals surface area contributed by atoms with Crippen LogP contribution in [-0.4, -0.2) is 24.1 Å². The van der Waals surface area contributed by atoms with Crippen molar-refractivity contribution in [3.63, 3.8) is 0 Å². The Kier molecular flexibility index (Phi) is 4.93. The molecule has 0 aliphatic heterocycles. The van der Waals surface area contributed by atoms with Gasteiger partial charge in [-0.2, -0.15) is 0 Å². The molecule has 0 spiro atoms. The second-order valence-electron chi connectivity index (χ2n) is 4.92. The number of methoxy groups -OCH3 is 1. The third-order valence-corrected chi connectivity index (χ3v) is 3.37. The highest BCUT2D eigenvalue weighted by atomic mass is 16.5. The van der Waals surface area contributed by atoms with E-state index in [1.165, 1.54) is 7.11 Å². The molecule has 116 valence electrons. The van der Waals surface area contributed by atoms with E-state index in [-0.39, 0.29) is 12.3 Å². The molecule has 0 aliphatic carbocycles. The van der Waals surface area contributed by atoms with Gasteiger partial charge in [0, 0.05) is 0 Å². The number of aryl methyl sites for hydroxylation is 2. The zero-order chi connectivity index (χ0) is 16.1. The number of carbonyl (C=O) groups excluding carboxylic acids is 2. The molecule has 1 atom stereocenters. The number of nitrogens with one attached hydrogen (secondary N) is 1. The standard InChI is InChI=1S/C16H18N2O4/c1-10-15(11(2)22-18-10)16(20)17-13(9-14(19)21-3)12-7-5-4-6-8-12/h4-8,13H,9H2,1-3H3,(H,17,20)/t13-/m1/s1. The molecule has 1 heterocycles. The molecule has 2 aromatic rings. The summed E-state index contributed by atoms with van der Waals surface area (Å²) in [6.45, 7) is 3.37. The first kappa shape index (κ1) is 15.8. The number of rotatable bonds is 5. The van der Waals surface area contributed by atoms with Gasteiger partial charge in [0.2, 0.25) is 0 Å². The van der Waals surface area contributed by atoms with Crippen LogP contribution < -0.4 is 5.32 Å². The minimum Gasteiger partial charge on any atom is -0.469 e. The molecule has 1 N–H and O–H groups in total. The van der Waals surface area contributed by atoms with E-state index in [1.807, 2.05) is 30.3 Å². The fourth-order valence-electron chi connectivity index (χ4n) is 2.23. The summed E-state index contributed by atoms with van der Waals surface area (Å²) >= 11 is 0. The number of esters is 1. The number of amides is 1. The van der Waals surface area contributed by atoms with Crippen molar-refractivity contribution in [3.8, 4) is 0 Å². The van der Waals surface area contributed by atoms with Crippen molar-refractivity contribution in [1.82, 2.24) is 10.5 Å². The zero-order valence-corrected chi connectivity index (χ0v) is 12.8. The summed E-state index contributed by atoms with van der Waals surface area (Å²) in [5.74, 6) is -0.276. The summed E-state index contributed by atoms with van der Waals surface area (Å²) in [7, 11) is 1.32. The first-order valence-corrected chi connectivity index (χ1v) is 6.88. The van der Waals surface area contributed by atoms with Crippen LogP contribution in [0.15, 0.2) is 34.9 Å². The molecule has 0 bridgehead atoms. The number of hydrogen-bond donors (Lipinski definition) is 1. The monoisotopic (exact) mass is 302 g/mol. The quantitative estimate of drug-likeness (QED) is 0.857. The van der Waals surface area contributed by atoms with E-state index in [0.29, 0.717) is 17.0 Å². The molecule has 1 amide bonds. The number of ether oxygens (including phenoxy) is 1. The van der Waals surface area contributed by atoms with Gasteiger partial charge < -0.3 is 14.6 Å². The topological polar surface area (TPSA) is 81.4 Å². The number of aromatic nitrogens is 1. The van der Waals surface area contributed by atoms with Crippen molar-refractivity contribution in [2.45, 2.75) is 26.3 Å². The first-order chi connectivity index (χ1) is 10.5. The maximum absolute atomic E-state index is 12.4. The van der Waals surface area contributed by atoms with Gasteiger partial charge in [-0.15, -0.1) is 0 Å². The van der Waals surface area contributed by atoms with Crippen LogP contribution >= 0.6 is 0 Å². The largest absolute Gasteiger partial charge is 0.469 e. The first-order valence-electron chi connectivity index (χ1n) is 6.88. The molecule has 0 radical (unpaired) electrons. The average molecular weight is 302 g/mol. The summed E-state index contributed by atoms with van der Waals surface area (Å²) in [6.07, 6.45) is 0.0512. The summed E-state index contributed by atoms with van der Waals surface area (Å²) in [4.78, 5) is 24.0. The normalized spacial score (nSPS) is 11.8. The van der Waals surface area contributed by atoms with Crippen molar-refractivity contribution in [2.24, 2.45) is 0 Å². The predicted octanol–water partition coefficient (Wildman–Crippen LogP) is 2.33. The van der Waals surface area contributed by atoms with E-state index in [1.54, 1.807) is 13.8 Å². The van der Waals surface area contributed by atoms with Gasteiger partial charge in [0.25, 0.3) is 5.91 Å². The molecule has 0 unspecified atom stereocenters. The lowest BCUT2D eigenvalue weighted by Crippen LogP contribution is -2.31. The third kappa shape index (κ3) is 3.52. The number of carbonyl (C=O) groups is 2. The van der Waals surface area contributed by atoms with Crippen molar-refractivity contribution in [1.29, 1.82) is 0 Å². The van der Waals surface area contributed by atoms with Crippen LogP contribution in [0, 0.1) is 13.8 Å². The molecular weight excluding hydrogens is 284 g/mol. The van der Waals surface area contributed by atoms with Crippen LogP contribution in [0.5, 0.6) is 0 Å². The Morgan fingerprint density at radius 2 is 1.95 bits per heavy atom. The summed E-state index contributed by atoms with van der Waals surface area (Å²) < 4.78 is 9.70. The van der Waals surface area contributed by atoms with Gasteiger partial charge in [-0.25, -0.2) is 0 Å². The van der Waals surface area contributed by atoms with Crippen molar-refractivity contribution in [3.05, 3.63) is 52.9 Å². The van der Waals surface area contributed by atoms with Gasteiger partial charge in [-0.1, -0.05) is 35.5 Å². The second-order valence-corrected chi connectivity index (χ2v) is 4.92. The molecular formula is C16H18N2O4. The second kappa shape index (κ2) is 6.89. The van der Waals surface area contributed by atoms with E-state index < -0.39 is 12.0 Å². The Bertz CT molecular complexity index is 645. The van der Waals surface area contributed by atoms with E-state index >= 15 is 0 Å². The van der Waals surface area contributed by atoms with E-state index in [9.17, 15) is 9.59 Å². The molecule has 6 heteroatoms. The van der Waals surface area contributed by atoms with Crippen LogP contribution in [0.4, 0.5) is 0 Å². The summed E-state index contributed by atoms with van der Waals surface area (Å²) in [6, 6.07) is 8.79. The summed E-state index contributed by atoms with van der Waals surface area (Å²) in [5.41, 5.74) is 1.73. The molecule has 0 saturated carbocycles.